The van der Waals surface area contributed by atoms with E-state index < -0.39 is 0 Å². The van der Waals surface area contributed by atoms with Crippen molar-refractivity contribution in [3.63, 3.8) is 0 Å². The van der Waals surface area contributed by atoms with E-state index in [-0.39, 0.29) is 11.8 Å². The van der Waals surface area contributed by atoms with Crippen LogP contribution in [0.5, 0.6) is 0 Å². The number of aromatic nitrogens is 3. The second kappa shape index (κ2) is 21.5. The van der Waals surface area contributed by atoms with Crippen LogP contribution in [0.2, 0.25) is 0 Å². The fourth-order valence-electron chi connectivity index (χ4n) is 10.4. The van der Waals surface area contributed by atoms with Crippen molar-refractivity contribution in [2.24, 2.45) is 0 Å². The zero-order chi connectivity index (χ0) is 57.4. The molecule has 15 rings (SSSR count). The monoisotopic (exact) mass is 1150 g/mol. The Morgan fingerprint density at radius 2 is 0.841 bits per heavy atom. The maximum absolute atomic E-state index is 12.4. The van der Waals surface area contributed by atoms with Gasteiger partial charge < -0.3 is 13.3 Å². The first kappa shape index (κ1) is 54.3. The van der Waals surface area contributed by atoms with Crippen LogP contribution in [0.15, 0.2) is 146 Å². The van der Waals surface area contributed by atoms with Gasteiger partial charge in [0.05, 0.1) is 41.8 Å². The van der Waals surface area contributed by atoms with E-state index >= 15 is 0 Å². The van der Waals surface area contributed by atoms with Crippen molar-refractivity contribution < 1.29 is 22.8 Å². The molecule has 82 heavy (non-hydrogen) atoms. The first-order valence-corrected chi connectivity index (χ1v) is 30.4. The first-order chi connectivity index (χ1) is 39.4. The van der Waals surface area contributed by atoms with Crippen LogP contribution in [-0.2, 0) is 0 Å². The van der Waals surface area contributed by atoms with E-state index in [2.05, 4.69) is 160 Å². The van der Waals surface area contributed by atoms with Gasteiger partial charge in [0.2, 0.25) is 0 Å². The lowest BCUT2D eigenvalue weighted by molar-refractivity contribution is 0.0926. The van der Waals surface area contributed by atoms with E-state index in [1.165, 1.54) is 96.7 Å². The molecule has 7 aromatic carbocycles. The highest BCUT2D eigenvalue weighted by Crippen LogP contribution is 2.41. The van der Waals surface area contributed by atoms with Gasteiger partial charge in [-0.15, -0.1) is 45.3 Å². The Morgan fingerprint density at radius 1 is 0.390 bits per heavy atom. The highest BCUT2D eigenvalue weighted by molar-refractivity contribution is 7.22. The molecular weight excluding hydrogens is 1090 g/mol. The van der Waals surface area contributed by atoms with Crippen LogP contribution in [0.1, 0.15) is 87.5 Å². The fraction of sp³-hybridized carbons (Fsp3) is 0.174. The second-order valence-electron chi connectivity index (χ2n) is 21.3. The second-order valence-corrected chi connectivity index (χ2v) is 25.3. The largest absolute Gasteiger partial charge is 0.454 e. The predicted molar refractivity (Wildman–Crippen MR) is 343 cm³/mol. The van der Waals surface area contributed by atoms with E-state index in [0.29, 0.717) is 16.1 Å². The Kier molecular flexibility index (Phi) is 14.2. The number of benzene rings is 7. The summed E-state index contributed by atoms with van der Waals surface area (Å²) in [4.78, 5) is 40.5. The SMILES string of the molecule is Cc1ccc(C)c2c1C(=O)N(c1cccs1)C2=O.Cc1ccc(C)c2oc(-c3nc4c(C)ccc(C)c4s3)cc12.Cc1ccc2cc(-c3nc4c(C)ccc(C)c4s3)oc2c1.Cc1cccc2oc(-c3nc4c(C)ccc(C)c4s3)cc12. The minimum atomic E-state index is -0.210. The van der Waals surface area contributed by atoms with Gasteiger partial charge in [0.1, 0.15) is 21.8 Å². The molecule has 0 radical (unpaired) electrons. The van der Waals surface area contributed by atoms with Crippen molar-refractivity contribution in [2.75, 3.05) is 4.90 Å². The number of fused-ring (bicyclic) bond motifs is 7. The van der Waals surface area contributed by atoms with Gasteiger partial charge in [-0.05, 0) is 198 Å². The number of thiazole rings is 3. The average molecular weight is 1150 g/mol. The molecule has 13 heteroatoms. The van der Waals surface area contributed by atoms with Crippen LogP contribution in [-0.4, -0.2) is 26.8 Å². The summed E-state index contributed by atoms with van der Waals surface area (Å²) in [6.45, 7) is 24.8. The number of anilines is 1. The molecule has 0 unspecified atom stereocenters. The van der Waals surface area contributed by atoms with Crippen LogP contribution in [0, 0.1) is 83.1 Å². The molecule has 0 saturated carbocycles. The standard InChI is InChI=1S/C19H17NOS.2C18H15NOS.C14H11NO2S/c1-10-5-7-12(3)17-14(10)9-15(21-17)19-20-16-11(2)6-8-13(4)18(16)22-19;1-10-4-7-13-9-15(20-14(13)8-10)18-19-16-11(2)5-6-12(3)17(16)21-18;1-10-5-4-6-14-13(10)9-15(20-14)18-19-16-11(2)7-8-12(3)17(16)21-18;1-8-5-6-9(2)12-11(8)13(16)15(14(12)17)10-4-3-7-18-10/h5-9H,1-4H3;2*4-9H,1-3H3;3-7H,1-2H3. The van der Waals surface area contributed by atoms with Gasteiger partial charge in [-0.3, -0.25) is 9.59 Å². The molecule has 0 saturated heterocycles. The average Bonchev–Trinajstić information content (AvgIpc) is 4.50. The van der Waals surface area contributed by atoms with E-state index in [1.54, 1.807) is 40.1 Å². The van der Waals surface area contributed by atoms with E-state index in [0.717, 1.165) is 82.1 Å². The fourth-order valence-corrected chi connectivity index (χ4v) is 14.3. The van der Waals surface area contributed by atoms with Gasteiger partial charge >= 0.3 is 0 Å². The molecule has 0 spiro atoms. The lowest BCUT2D eigenvalue weighted by Gasteiger charge is -2.10. The van der Waals surface area contributed by atoms with Gasteiger partial charge in [0.15, 0.2) is 32.3 Å². The van der Waals surface area contributed by atoms with Crippen molar-refractivity contribution in [1.82, 2.24) is 15.0 Å². The van der Waals surface area contributed by atoms with Crippen LogP contribution in [0.25, 0.3) is 95.9 Å². The predicted octanol–water partition coefficient (Wildman–Crippen LogP) is 20.4. The molecule has 0 aliphatic carbocycles. The lowest BCUT2D eigenvalue weighted by atomic mass is 9.99. The maximum Gasteiger partial charge on any atom is 0.267 e. The normalized spacial score (nSPS) is 12.2. The molecule has 408 valence electrons. The highest BCUT2D eigenvalue weighted by atomic mass is 32.1. The summed E-state index contributed by atoms with van der Waals surface area (Å²) in [7, 11) is 0. The topological polar surface area (TPSA) is 115 Å². The molecule has 14 aromatic rings. The van der Waals surface area contributed by atoms with Gasteiger partial charge in [-0.2, -0.15) is 0 Å². The van der Waals surface area contributed by atoms with Crippen molar-refractivity contribution in [3.8, 4) is 32.3 Å². The Bertz CT molecular complexity index is 4570. The number of imide groups is 1. The lowest BCUT2D eigenvalue weighted by Crippen LogP contribution is -2.28. The summed E-state index contributed by atoms with van der Waals surface area (Å²) in [5.41, 5.74) is 21.2. The molecule has 0 bridgehead atoms. The molecule has 0 atom stereocenters. The molecule has 1 aliphatic heterocycles. The third-order valence-electron chi connectivity index (χ3n) is 15.2. The molecule has 7 aromatic heterocycles. The molecular formula is C69H58N4O5S4. The Hall–Kier alpha value is -8.33. The summed E-state index contributed by atoms with van der Waals surface area (Å²) in [5.74, 6) is 2.17. The number of aryl methyl sites for hydroxylation is 12. The number of hydrogen-bond acceptors (Lipinski definition) is 12. The number of hydrogen-bond donors (Lipinski definition) is 0. The Morgan fingerprint density at radius 3 is 1.34 bits per heavy atom. The minimum Gasteiger partial charge on any atom is -0.454 e. The van der Waals surface area contributed by atoms with Crippen molar-refractivity contribution >= 4 is 126 Å². The van der Waals surface area contributed by atoms with Gasteiger partial charge in [0.25, 0.3) is 11.8 Å². The van der Waals surface area contributed by atoms with Crippen LogP contribution in [0.3, 0.4) is 0 Å². The summed E-state index contributed by atoms with van der Waals surface area (Å²) in [6, 6.07) is 43.2. The molecule has 2 amide bonds. The summed E-state index contributed by atoms with van der Waals surface area (Å²) in [5, 5.41) is 8.89. The van der Waals surface area contributed by atoms with E-state index in [9.17, 15) is 9.59 Å². The highest BCUT2D eigenvalue weighted by Gasteiger charge is 2.39. The molecule has 9 nitrogen and oxygen atoms in total. The van der Waals surface area contributed by atoms with Crippen LogP contribution in [0.4, 0.5) is 5.00 Å². The van der Waals surface area contributed by atoms with Crippen molar-refractivity contribution in [2.45, 2.75) is 83.1 Å². The number of amides is 2. The Labute approximate surface area is 491 Å². The number of carbonyl (C=O) groups excluding carboxylic acids is 2. The number of carbonyl (C=O) groups is 2. The quantitative estimate of drug-likeness (QED) is 0.160. The van der Waals surface area contributed by atoms with Crippen LogP contribution >= 0.6 is 45.3 Å². The van der Waals surface area contributed by atoms with E-state index in [1.807, 2.05) is 49.6 Å². The molecule has 0 N–H and O–H groups in total. The van der Waals surface area contributed by atoms with Crippen LogP contribution < -0.4 is 4.90 Å². The number of nitrogens with zero attached hydrogens (tertiary/aromatic N) is 4. The Balaban J connectivity index is 0.000000108. The van der Waals surface area contributed by atoms with Gasteiger partial charge in [0, 0.05) is 16.2 Å². The minimum absolute atomic E-state index is 0.210. The van der Waals surface area contributed by atoms with Gasteiger partial charge in [-0.1, -0.05) is 84.9 Å². The zero-order valence-electron chi connectivity index (χ0n) is 47.7. The summed E-state index contributed by atoms with van der Waals surface area (Å²) < 4.78 is 21.9. The molecule has 8 heterocycles. The first-order valence-electron chi connectivity index (χ1n) is 27.0. The van der Waals surface area contributed by atoms with Crippen molar-refractivity contribution in [3.05, 3.63) is 211 Å². The summed E-state index contributed by atoms with van der Waals surface area (Å²) >= 11 is 6.52. The third-order valence-corrected chi connectivity index (χ3v) is 19.7. The third kappa shape index (κ3) is 9.85. The zero-order valence-corrected chi connectivity index (χ0v) is 50.9. The number of thiophene rings is 1. The van der Waals surface area contributed by atoms with Gasteiger partial charge in [-0.25, -0.2) is 19.9 Å². The maximum atomic E-state index is 12.4. The smallest absolute Gasteiger partial charge is 0.267 e. The number of furan rings is 3. The number of rotatable bonds is 4. The van der Waals surface area contributed by atoms with Crippen molar-refractivity contribution in [1.29, 1.82) is 0 Å². The molecule has 1 aliphatic rings. The van der Waals surface area contributed by atoms with E-state index in [4.69, 9.17) is 28.2 Å². The molecule has 0 fully saturated rings. The summed E-state index contributed by atoms with van der Waals surface area (Å²) in [6.07, 6.45) is 0.